The van der Waals surface area contributed by atoms with Crippen LogP contribution >= 0.6 is 0 Å². The van der Waals surface area contributed by atoms with Gasteiger partial charge in [-0.25, -0.2) is 0 Å². The lowest BCUT2D eigenvalue weighted by Crippen LogP contribution is -2.48. The van der Waals surface area contributed by atoms with Gasteiger partial charge in [-0.1, -0.05) is 97.6 Å². The molecule has 0 spiro atoms. The number of hydrogen-bond donors (Lipinski definition) is 1. The molecule has 0 amide bonds. The maximum atomic E-state index is 13.8. The first kappa shape index (κ1) is 25.5. The highest BCUT2D eigenvalue weighted by Gasteiger charge is 2.47. The summed E-state index contributed by atoms with van der Waals surface area (Å²) in [6.07, 6.45) is 10.1. The van der Waals surface area contributed by atoms with Crippen molar-refractivity contribution in [3.05, 3.63) is 90.7 Å². The number of rotatable bonds is 10. The van der Waals surface area contributed by atoms with Gasteiger partial charge in [-0.05, 0) is 43.7 Å². The van der Waals surface area contributed by atoms with Crippen LogP contribution in [0.25, 0.3) is 11.3 Å². The lowest BCUT2D eigenvalue weighted by Gasteiger charge is -2.44. The van der Waals surface area contributed by atoms with Crippen molar-refractivity contribution >= 4 is 5.97 Å². The quantitative estimate of drug-likeness (QED) is 0.143. The summed E-state index contributed by atoms with van der Waals surface area (Å²) < 4.78 is 11.8. The third-order valence-corrected chi connectivity index (χ3v) is 8.35. The van der Waals surface area contributed by atoms with E-state index in [1.54, 1.807) is 0 Å². The Morgan fingerprint density at radius 2 is 1.76 bits per heavy atom. The molecular weight excluding hydrogens is 460 g/mol. The summed E-state index contributed by atoms with van der Waals surface area (Å²) in [7, 11) is 0. The van der Waals surface area contributed by atoms with E-state index in [9.17, 15) is 4.79 Å². The van der Waals surface area contributed by atoms with Gasteiger partial charge in [0.25, 0.3) is 0 Å². The van der Waals surface area contributed by atoms with Gasteiger partial charge >= 0.3 is 5.97 Å². The van der Waals surface area contributed by atoms with E-state index in [0.717, 1.165) is 67.7 Å². The van der Waals surface area contributed by atoms with Crippen molar-refractivity contribution in [2.24, 2.45) is 11.8 Å². The second-order valence-electron chi connectivity index (χ2n) is 10.6. The molecule has 0 aliphatic heterocycles. The van der Waals surface area contributed by atoms with E-state index in [2.05, 4.69) is 29.2 Å². The first-order chi connectivity index (χ1) is 18.2. The van der Waals surface area contributed by atoms with Crippen molar-refractivity contribution in [3.8, 4) is 11.3 Å². The molecule has 0 bridgehead atoms. The van der Waals surface area contributed by atoms with Crippen LogP contribution in [0.5, 0.6) is 0 Å². The van der Waals surface area contributed by atoms with Crippen molar-refractivity contribution < 1.29 is 14.1 Å². The van der Waals surface area contributed by atoms with E-state index in [4.69, 9.17) is 9.26 Å². The van der Waals surface area contributed by atoms with Crippen molar-refractivity contribution in [1.82, 2.24) is 10.5 Å². The summed E-state index contributed by atoms with van der Waals surface area (Å²) in [5.41, 5.74) is 2.50. The van der Waals surface area contributed by atoms with Crippen molar-refractivity contribution in [2.45, 2.75) is 69.4 Å². The van der Waals surface area contributed by atoms with E-state index in [1.807, 2.05) is 60.7 Å². The molecule has 194 valence electrons. The number of nitrogens with zero attached hydrogens (tertiary/aromatic N) is 1. The molecule has 1 aromatic heterocycles. The summed E-state index contributed by atoms with van der Waals surface area (Å²) in [4.78, 5) is 13.8. The van der Waals surface area contributed by atoms with Gasteiger partial charge in [-0.3, -0.25) is 4.79 Å². The molecule has 3 aromatic rings. The van der Waals surface area contributed by atoms with Gasteiger partial charge < -0.3 is 14.6 Å². The number of aromatic nitrogens is 1. The number of carbonyl (C=O) groups is 1. The standard InChI is InChI=1S/C32H38N2O3/c1-2-24-21-30(36-31(35)32(18-11-3-4-12-19-32)26-15-9-6-10-16-26)28(24)17-20-33-23-27-22-29(34-37-27)25-13-7-5-8-14-25/h2,5-10,13-16,22,24,28,30,33H,1,3-4,11-12,17-21,23H2/t24?,28?,30-/m0/s1. The SMILES string of the molecule is C=CC1C[C@H](OC(=O)C2(c3ccccc3)CCCCCC2)C1CCNCc1cc(-c2ccccc2)no1. The van der Waals surface area contributed by atoms with E-state index in [1.165, 1.54) is 12.8 Å². The molecule has 2 fully saturated rings. The van der Waals surface area contributed by atoms with Gasteiger partial charge in [0.05, 0.1) is 12.0 Å². The topological polar surface area (TPSA) is 64.4 Å². The zero-order valence-corrected chi connectivity index (χ0v) is 21.6. The van der Waals surface area contributed by atoms with Crippen LogP contribution in [0.1, 0.15) is 62.7 Å². The van der Waals surface area contributed by atoms with Gasteiger partial charge in [0.1, 0.15) is 11.8 Å². The number of carbonyl (C=O) groups excluding carboxylic acids is 1. The van der Waals surface area contributed by atoms with Crippen molar-refractivity contribution in [1.29, 1.82) is 0 Å². The molecule has 0 saturated heterocycles. The van der Waals surface area contributed by atoms with Crippen molar-refractivity contribution in [2.75, 3.05) is 6.54 Å². The molecule has 2 aliphatic rings. The molecule has 0 radical (unpaired) electrons. The van der Waals surface area contributed by atoms with Crippen LogP contribution in [0.2, 0.25) is 0 Å². The zero-order valence-electron chi connectivity index (χ0n) is 21.6. The summed E-state index contributed by atoms with van der Waals surface area (Å²) in [6.45, 7) is 5.46. The Kier molecular flexibility index (Phi) is 8.20. The van der Waals surface area contributed by atoms with Crippen molar-refractivity contribution in [3.63, 3.8) is 0 Å². The van der Waals surface area contributed by atoms with E-state index >= 15 is 0 Å². The Balaban J connectivity index is 1.17. The highest BCUT2D eigenvalue weighted by atomic mass is 16.5. The van der Waals surface area contributed by atoms with E-state index in [-0.39, 0.29) is 12.1 Å². The first-order valence-electron chi connectivity index (χ1n) is 13.8. The normalized spacial score (nSPS) is 23.0. The number of allylic oxidation sites excluding steroid dienone is 1. The molecule has 5 rings (SSSR count). The number of esters is 1. The van der Waals surface area contributed by atoms with Gasteiger partial charge in [-0.15, -0.1) is 6.58 Å². The van der Waals surface area contributed by atoms with Crippen LogP contribution in [0, 0.1) is 11.8 Å². The average Bonchev–Trinajstić information content (AvgIpc) is 3.26. The highest BCUT2D eigenvalue weighted by Crippen LogP contribution is 2.44. The minimum Gasteiger partial charge on any atom is -0.461 e. The lowest BCUT2D eigenvalue weighted by molar-refractivity contribution is -0.169. The molecule has 2 saturated carbocycles. The summed E-state index contributed by atoms with van der Waals surface area (Å²) in [6, 6.07) is 22.3. The molecule has 1 heterocycles. The third kappa shape index (κ3) is 5.72. The van der Waals surface area contributed by atoms with Gasteiger partial charge in [0, 0.05) is 17.5 Å². The number of nitrogens with one attached hydrogen (secondary N) is 1. The number of ether oxygens (including phenoxy) is 1. The Bertz CT molecular complexity index is 1150. The summed E-state index contributed by atoms with van der Waals surface area (Å²) >= 11 is 0. The molecule has 2 aromatic carbocycles. The smallest absolute Gasteiger partial charge is 0.316 e. The fourth-order valence-electron chi connectivity index (χ4n) is 6.08. The Hall–Kier alpha value is -3.18. The zero-order chi connectivity index (χ0) is 25.5. The van der Waals surface area contributed by atoms with Crippen LogP contribution in [-0.4, -0.2) is 23.8 Å². The number of hydrogen-bond acceptors (Lipinski definition) is 5. The fourth-order valence-corrected chi connectivity index (χ4v) is 6.08. The maximum absolute atomic E-state index is 13.8. The summed E-state index contributed by atoms with van der Waals surface area (Å²) in [5, 5.41) is 7.67. The van der Waals surface area contributed by atoms with Crippen LogP contribution in [0.4, 0.5) is 0 Å². The number of benzene rings is 2. The predicted octanol–water partition coefficient (Wildman–Crippen LogP) is 6.85. The second-order valence-corrected chi connectivity index (χ2v) is 10.6. The molecule has 2 unspecified atom stereocenters. The fraction of sp³-hybridized carbons (Fsp3) is 0.438. The molecule has 2 aliphatic carbocycles. The molecule has 37 heavy (non-hydrogen) atoms. The largest absolute Gasteiger partial charge is 0.461 e. The first-order valence-corrected chi connectivity index (χ1v) is 13.8. The molecule has 5 nitrogen and oxygen atoms in total. The second kappa shape index (κ2) is 11.9. The van der Waals surface area contributed by atoms with Gasteiger partial charge in [-0.2, -0.15) is 0 Å². The minimum absolute atomic E-state index is 0.0267. The van der Waals surface area contributed by atoms with Crippen LogP contribution in [0.3, 0.4) is 0 Å². The van der Waals surface area contributed by atoms with Gasteiger partial charge in [0.2, 0.25) is 0 Å². The minimum atomic E-state index is -0.511. The third-order valence-electron chi connectivity index (χ3n) is 8.35. The summed E-state index contributed by atoms with van der Waals surface area (Å²) in [5.74, 6) is 1.47. The lowest BCUT2D eigenvalue weighted by atomic mass is 9.68. The Labute approximate surface area is 220 Å². The molecular formula is C32H38N2O3. The maximum Gasteiger partial charge on any atom is 0.316 e. The molecule has 3 atom stereocenters. The monoisotopic (exact) mass is 498 g/mol. The Morgan fingerprint density at radius 1 is 1.05 bits per heavy atom. The molecule has 5 heteroatoms. The van der Waals surface area contributed by atoms with E-state index < -0.39 is 5.41 Å². The van der Waals surface area contributed by atoms with E-state index in [0.29, 0.717) is 18.4 Å². The Morgan fingerprint density at radius 3 is 2.46 bits per heavy atom. The molecule has 1 N–H and O–H groups in total. The highest BCUT2D eigenvalue weighted by molar-refractivity contribution is 5.83. The van der Waals surface area contributed by atoms with Crippen LogP contribution < -0.4 is 5.32 Å². The van der Waals surface area contributed by atoms with Crippen LogP contribution in [-0.2, 0) is 21.5 Å². The van der Waals surface area contributed by atoms with Crippen LogP contribution in [0.15, 0.2) is 83.9 Å². The predicted molar refractivity (Wildman–Crippen MR) is 146 cm³/mol. The average molecular weight is 499 g/mol. The van der Waals surface area contributed by atoms with Gasteiger partial charge in [0.15, 0.2) is 5.76 Å².